The van der Waals surface area contributed by atoms with Gasteiger partial charge in [-0.1, -0.05) is 23.2 Å². The molecular weight excluding hydrogens is 341 g/mol. The van der Waals surface area contributed by atoms with E-state index >= 15 is 0 Å². The van der Waals surface area contributed by atoms with Gasteiger partial charge < -0.3 is 10.5 Å². The third-order valence-corrected chi connectivity index (χ3v) is 4.18. The number of ether oxygens (including phenoxy) is 1. The number of nitrogens with two attached hydrogens (primary N) is 1. The Morgan fingerprint density at radius 3 is 2.39 bits per heavy atom. The van der Waals surface area contributed by atoms with Crippen molar-refractivity contribution in [2.24, 2.45) is 5.73 Å². The van der Waals surface area contributed by atoms with Crippen molar-refractivity contribution >= 4 is 46.5 Å². The fourth-order valence-corrected chi connectivity index (χ4v) is 2.97. The van der Waals surface area contributed by atoms with Gasteiger partial charge in [0, 0.05) is 6.07 Å². The number of halogens is 2. The Morgan fingerprint density at radius 2 is 1.87 bits per heavy atom. The summed E-state index contributed by atoms with van der Waals surface area (Å²) in [6.45, 7) is 1.26. The zero-order chi connectivity index (χ0) is 17.1. The molecule has 23 heavy (non-hydrogen) atoms. The van der Waals surface area contributed by atoms with E-state index in [1.165, 1.54) is 19.1 Å². The van der Waals surface area contributed by atoms with Crippen molar-refractivity contribution in [3.05, 3.63) is 22.2 Å². The summed E-state index contributed by atoms with van der Waals surface area (Å²) in [5.74, 6) is -0.520. The van der Waals surface area contributed by atoms with Crippen LogP contribution in [-0.2, 0) is 4.79 Å². The highest BCUT2D eigenvalue weighted by atomic mass is 35.5. The molecule has 1 aromatic carbocycles. The predicted molar refractivity (Wildman–Crippen MR) is 89.8 cm³/mol. The van der Waals surface area contributed by atoms with Crippen LogP contribution in [0, 0.1) is 5.41 Å². The Hall–Kier alpha value is -1.79. The lowest BCUT2D eigenvalue weighted by Gasteiger charge is -2.22. The van der Waals surface area contributed by atoms with E-state index in [1.807, 2.05) is 0 Å². The second-order valence-electron chi connectivity index (χ2n) is 5.36. The lowest BCUT2D eigenvalue weighted by molar-refractivity contribution is -0.112. The summed E-state index contributed by atoms with van der Waals surface area (Å²) in [6.07, 6.45) is 4.06. The summed E-state index contributed by atoms with van der Waals surface area (Å²) in [7, 11) is 0. The molecule has 0 radical (unpaired) electrons. The van der Waals surface area contributed by atoms with Gasteiger partial charge in [0.1, 0.15) is 5.75 Å². The summed E-state index contributed by atoms with van der Waals surface area (Å²) in [6, 6.07) is 1.78. The van der Waals surface area contributed by atoms with Crippen LogP contribution in [0.4, 0.5) is 10.5 Å². The Bertz CT molecular complexity index is 658. The normalized spacial score (nSPS) is 14.6. The van der Waals surface area contributed by atoms with Crippen LogP contribution in [-0.4, -0.2) is 23.8 Å². The molecular formula is C15H17Cl2N3O3. The average Bonchev–Trinajstić information content (AvgIpc) is 2.96. The first-order chi connectivity index (χ1) is 10.8. The molecule has 0 bridgehead atoms. The van der Waals surface area contributed by atoms with Gasteiger partial charge in [-0.3, -0.25) is 10.2 Å². The molecule has 1 aromatic rings. The number of urea groups is 1. The van der Waals surface area contributed by atoms with E-state index in [1.54, 1.807) is 0 Å². The quantitative estimate of drug-likeness (QED) is 0.802. The molecule has 0 unspecified atom stereocenters. The van der Waals surface area contributed by atoms with Crippen LogP contribution < -0.4 is 15.4 Å². The largest absolute Gasteiger partial charge is 0.489 e. The molecule has 3 N–H and O–H groups in total. The number of rotatable bonds is 4. The number of carbonyl (C=O) groups excluding carboxylic acids is 2. The van der Waals surface area contributed by atoms with Crippen molar-refractivity contribution in [1.82, 2.24) is 0 Å². The molecule has 0 heterocycles. The zero-order valence-electron chi connectivity index (χ0n) is 12.6. The van der Waals surface area contributed by atoms with E-state index in [0.29, 0.717) is 10.6 Å². The third kappa shape index (κ3) is 3.95. The van der Waals surface area contributed by atoms with E-state index < -0.39 is 11.9 Å². The number of carbonyl (C=O) groups is 2. The lowest BCUT2D eigenvalue weighted by Crippen LogP contribution is -2.43. The van der Waals surface area contributed by atoms with Crippen LogP contribution >= 0.6 is 23.2 Å². The third-order valence-electron chi connectivity index (χ3n) is 3.58. The summed E-state index contributed by atoms with van der Waals surface area (Å²) in [5.41, 5.74) is 4.97. The predicted octanol–water partition coefficient (Wildman–Crippen LogP) is 3.77. The average molecular weight is 358 g/mol. The smallest absolute Gasteiger partial charge is 0.326 e. The molecule has 2 rings (SSSR count). The maximum atomic E-state index is 12.0. The highest BCUT2D eigenvalue weighted by molar-refractivity contribution is 6.48. The molecule has 8 heteroatoms. The number of anilines is 1. The second-order valence-corrected chi connectivity index (χ2v) is 6.18. The van der Waals surface area contributed by atoms with Gasteiger partial charge in [-0.2, -0.15) is 0 Å². The van der Waals surface area contributed by atoms with Gasteiger partial charge >= 0.3 is 6.03 Å². The molecule has 3 amide bonds. The number of nitrogens with zero attached hydrogens (tertiary/aromatic N) is 1. The molecule has 1 aliphatic rings. The van der Waals surface area contributed by atoms with E-state index in [0.717, 1.165) is 25.7 Å². The Labute approximate surface area is 144 Å². The Morgan fingerprint density at radius 1 is 1.26 bits per heavy atom. The van der Waals surface area contributed by atoms with E-state index in [4.69, 9.17) is 39.1 Å². The molecule has 1 aliphatic carbocycles. The minimum Gasteiger partial charge on any atom is -0.489 e. The van der Waals surface area contributed by atoms with Crippen molar-refractivity contribution in [3.63, 3.8) is 0 Å². The van der Waals surface area contributed by atoms with Crippen molar-refractivity contribution < 1.29 is 14.3 Å². The van der Waals surface area contributed by atoms with Crippen molar-refractivity contribution in [3.8, 4) is 5.75 Å². The monoisotopic (exact) mass is 357 g/mol. The summed E-state index contributed by atoms with van der Waals surface area (Å²) in [4.78, 5) is 24.3. The number of primary amides is 1. The van der Waals surface area contributed by atoms with Gasteiger partial charge in [-0.05, 0) is 38.7 Å². The molecule has 1 saturated carbocycles. The van der Waals surface area contributed by atoms with Gasteiger partial charge in [0.05, 0.1) is 27.5 Å². The van der Waals surface area contributed by atoms with E-state index in [9.17, 15) is 9.59 Å². The number of amides is 3. The van der Waals surface area contributed by atoms with Crippen molar-refractivity contribution in [1.29, 1.82) is 5.41 Å². The first-order valence-electron chi connectivity index (χ1n) is 7.16. The van der Waals surface area contributed by atoms with Crippen LogP contribution in [0.5, 0.6) is 5.75 Å². The molecule has 1 fully saturated rings. The van der Waals surface area contributed by atoms with Crippen LogP contribution in [0.15, 0.2) is 12.1 Å². The Balaban J connectivity index is 2.41. The van der Waals surface area contributed by atoms with Gasteiger partial charge in [0.25, 0.3) is 5.91 Å². The Kier molecular flexibility index (Phi) is 5.49. The minimum atomic E-state index is -1.03. The number of hydrogen-bond acceptors (Lipinski definition) is 4. The molecule has 124 valence electrons. The zero-order valence-corrected chi connectivity index (χ0v) is 14.1. The van der Waals surface area contributed by atoms with Crippen LogP contribution in [0.2, 0.25) is 10.0 Å². The summed E-state index contributed by atoms with van der Waals surface area (Å²) < 4.78 is 5.84. The highest BCUT2D eigenvalue weighted by Crippen LogP contribution is 2.38. The van der Waals surface area contributed by atoms with E-state index in [-0.39, 0.29) is 27.5 Å². The molecule has 0 aliphatic heterocycles. The van der Waals surface area contributed by atoms with Crippen LogP contribution in [0.3, 0.4) is 0 Å². The highest BCUT2D eigenvalue weighted by Gasteiger charge is 2.27. The fraction of sp³-hybridized carbons (Fsp3) is 0.400. The SMILES string of the molecule is CC(=N)C(=O)N(C(N)=O)c1cc(OC2CCCC2)c(Cl)cc1Cl. The van der Waals surface area contributed by atoms with Gasteiger partial charge in [-0.25, -0.2) is 9.69 Å². The molecule has 0 saturated heterocycles. The minimum absolute atomic E-state index is 0.0451. The molecule has 6 nitrogen and oxygen atoms in total. The van der Waals surface area contributed by atoms with Crippen molar-refractivity contribution in [2.45, 2.75) is 38.7 Å². The molecule has 0 atom stereocenters. The first-order valence-corrected chi connectivity index (χ1v) is 7.91. The van der Waals surface area contributed by atoms with Crippen LogP contribution in [0.25, 0.3) is 0 Å². The summed E-state index contributed by atoms with van der Waals surface area (Å²) in [5, 5.41) is 7.78. The maximum Gasteiger partial charge on any atom is 0.326 e. The second kappa shape index (κ2) is 7.19. The number of imide groups is 1. The molecule has 0 aromatic heterocycles. The number of benzene rings is 1. The number of hydrogen-bond donors (Lipinski definition) is 2. The topological polar surface area (TPSA) is 96.5 Å². The standard InChI is InChI=1S/C15H17Cl2N3O3/c1-8(18)14(21)20(15(19)22)12-7-13(11(17)6-10(12)16)23-9-4-2-3-5-9/h6-7,9,18H,2-5H2,1H3,(H2,19,22). The first kappa shape index (κ1) is 17.6. The van der Waals surface area contributed by atoms with Crippen molar-refractivity contribution in [2.75, 3.05) is 4.90 Å². The number of nitrogens with one attached hydrogen (secondary N) is 1. The summed E-state index contributed by atoms with van der Waals surface area (Å²) >= 11 is 12.2. The maximum absolute atomic E-state index is 12.0. The van der Waals surface area contributed by atoms with E-state index in [2.05, 4.69) is 0 Å². The van der Waals surface area contributed by atoms with Crippen LogP contribution in [0.1, 0.15) is 32.6 Å². The van der Waals surface area contributed by atoms with Gasteiger partial charge in [0.15, 0.2) is 0 Å². The van der Waals surface area contributed by atoms with Gasteiger partial charge in [0.2, 0.25) is 0 Å². The van der Waals surface area contributed by atoms with Gasteiger partial charge in [-0.15, -0.1) is 0 Å². The fourth-order valence-electron chi connectivity index (χ4n) is 2.46. The molecule has 0 spiro atoms. The lowest BCUT2D eigenvalue weighted by atomic mass is 10.2.